The van der Waals surface area contributed by atoms with Gasteiger partial charge < -0.3 is 20.3 Å². The number of aryl methyl sites for hydroxylation is 1. The van der Waals surface area contributed by atoms with E-state index >= 15 is 0 Å². The molecule has 6 rings (SSSR count). The number of nitrogens with one attached hydrogen (secondary N) is 3. The lowest BCUT2D eigenvalue weighted by atomic mass is 10.0. The standard InChI is InChI=1S/C40H45F4N9O5S/c1-5-24-16-28(53-38(59)52(37(57)39(53,3)4)29-20-30(40(42,43)44)32(21-45)46-22-29)6-8-33(24)58-15-14-50-10-12-51(13-11-50)23(2)35(55)48-27-18-25(41)17-26(19-27)47-31-7-9-34(54)49-36(31)56/h6,8,16-20,22-23,31,38,47,59H,5,7,9-15H2,1-4H3,(H,48,55)(H,49,54,56)/t23-,31-,38+/m0/s1. The highest BCUT2D eigenvalue weighted by Crippen LogP contribution is 2.43. The monoisotopic (exact) mass is 839 g/mol. The molecule has 3 N–H and O–H groups in total. The molecule has 0 bridgehead atoms. The number of piperazine rings is 1. The molecule has 0 saturated carbocycles. The van der Waals surface area contributed by atoms with E-state index < -0.39 is 58.2 Å². The van der Waals surface area contributed by atoms with Gasteiger partial charge in [-0.15, -0.1) is 12.6 Å². The zero-order chi connectivity index (χ0) is 42.8. The number of thiol groups is 1. The van der Waals surface area contributed by atoms with Gasteiger partial charge in [-0.2, -0.15) is 18.4 Å². The average Bonchev–Trinajstić information content (AvgIpc) is 3.36. The summed E-state index contributed by atoms with van der Waals surface area (Å²) in [6.07, 6.45) is -2.75. The van der Waals surface area contributed by atoms with Gasteiger partial charge in [-0.25, -0.2) is 9.37 Å². The molecule has 14 nitrogen and oxygen atoms in total. The predicted octanol–water partition coefficient (Wildman–Crippen LogP) is 4.76. The minimum absolute atomic E-state index is 0.133. The van der Waals surface area contributed by atoms with Crippen LogP contribution in [-0.4, -0.2) is 101 Å². The summed E-state index contributed by atoms with van der Waals surface area (Å²) in [6.45, 7) is 10.6. The van der Waals surface area contributed by atoms with Crippen LogP contribution in [0.25, 0.3) is 0 Å². The molecule has 3 aliphatic rings. The number of hydrogen-bond donors (Lipinski definition) is 4. The Kier molecular flexibility index (Phi) is 12.7. The lowest BCUT2D eigenvalue weighted by molar-refractivity contribution is -0.138. The number of nitriles is 1. The Bertz CT molecular complexity index is 2160. The second kappa shape index (κ2) is 17.4. The van der Waals surface area contributed by atoms with Crippen molar-refractivity contribution in [2.45, 2.75) is 76.3 Å². The maximum Gasteiger partial charge on any atom is 0.419 e. The normalized spacial score (nSPS) is 20.6. The molecule has 0 radical (unpaired) electrons. The van der Waals surface area contributed by atoms with Crippen molar-refractivity contribution in [2.75, 3.05) is 59.8 Å². The van der Waals surface area contributed by atoms with Crippen LogP contribution in [0.15, 0.2) is 48.7 Å². The number of aromatic nitrogens is 1. The van der Waals surface area contributed by atoms with Gasteiger partial charge >= 0.3 is 6.18 Å². The van der Waals surface area contributed by atoms with Crippen molar-refractivity contribution < 1.29 is 41.5 Å². The molecule has 3 atom stereocenters. The fraction of sp³-hybridized carbons (Fsp3) is 0.450. The van der Waals surface area contributed by atoms with Crippen LogP contribution in [0.4, 0.5) is 40.3 Å². The second-order valence-corrected chi connectivity index (χ2v) is 15.5. The van der Waals surface area contributed by atoms with Crippen LogP contribution < -0.4 is 30.5 Å². The van der Waals surface area contributed by atoms with E-state index in [0.717, 1.165) is 22.7 Å². The fourth-order valence-electron chi connectivity index (χ4n) is 7.49. The van der Waals surface area contributed by atoms with Crippen LogP contribution in [-0.2, 0) is 31.8 Å². The highest BCUT2D eigenvalue weighted by molar-refractivity contribution is 7.81. The number of carbonyl (C=O) groups excluding carboxylic acids is 4. The number of hydrogen-bond acceptors (Lipinski definition) is 12. The molecule has 59 heavy (non-hydrogen) atoms. The first kappa shape index (κ1) is 43.1. The van der Waals surface area contributed by atoms with Gasteiger partial charge in [0.15, 0.2) is 11.2 Å². The molecular weight excluding hydrogens is 795 g/mol. The molecule has 314 valence electrons. The van der Waals surface area contributed by atoms with Crippen LogP contribution in [0, 0.1) is 17.1 Å². The van der Waals surface area contributed by atoms with Gasteiger partial charge in [0, 0.05) is 56.2 Å². The first-order valence-corrected chi connectivity index (χ1v) is 19.6. The molecule has 2 aromatic carbocycles. The maximum absolute atomic E-state index is 14.5. The number of ether oxygens (including phenoxy) is 1. The van der Waals surface area contributed by atoms with E-state index in [4.69, 9.17) is 4.74 Å². The van der Waals surface area contributed by atoms with E-state index in [1.165, 1.54) is 18.2 Å². The van der Waals surface area contributed by atoms with Crippen molar-refractivity contribution in [3.63, 3.8) is 0 Å². The van der Waals surface area contributed by atoms with Crippen molar-refractivity contribution in [1.29, 1.82) is 5.26 Å². The summed E-state index contributed by atoms with van der Waals surface area (Å²) in [5, 5.41) is 17.1. The molecule has 0 aliphatic carbocycles. The molecule has 0 spiro atoms. The lowest BCUT2D eigenvalue weighted by Gasteiger charge is -2.37. The third-order valence-corrected chi connectivity index (χ3v) is 11.3. The first-order valence-electron chi connectivity index (χ1n) is 19.1. The third-order valence-electron chi connectivity index (χ3n) is 10.8. The molecule has 3 aromatic rings. The van der Waals surface area contributed by atoms with Crippen molar-refractivity contribution >= 4 is 59.0 Å². The lowest BCUT2D eigenvalue weighted by Crippen LogP contribution is -2.53. The number of benzene rings is 2. The average molecular weight is 840 g/mol. The van der Waals surface area contributed by atoms with Gasteiger partial charge in [0.05, 0.1) is 23.5 Å². The Morgan fingerprint density at radius 1 is 1.08 bits per heavy atom. The summed E-state index contributed by atoms with van der Waals surface area (Å²) in [6, 6.07) is 10.4. The number of rotatable bonds is 12. The van der Waals surface area contributed by atoms with Crippen molar-refractivity contribution in [3.05, 3.63) is 71.3 Å². The zero-order valence-corrected chi connectivity index (χ0v) is 33.8. The molecule has 3 saturated heterocycles. The fourth-order valence-corrected chi connectivity index (χ4v) is 8.15. The van der Waals surface area contributed by atoms with E-state index in [1.54, 1.807) is 43.9 Å². The third kappa shape index (κ3) is 9.40. The number of nitrogens with zero attached hydrogens (tertiary/aromatic N) is 6. The molecule has 3 aliphatic heterocycles. The Balaban J connectivity index is 1.01. The van der Waals surface area contributed by atoms with Gasteiger partial charge in [0.2, 0.25) is 17.7 Å². The topological polar surface area (TPSA) is 163 Å². The number of halogens is 4. The van der Waals surface area contributed by atoms with Crippen molar-refractivity contribution in [3.8, 4) is 11.8 Å². The summed E-state index contributed by atoms with van der Waals surface area (Å²) >= 11 is 4.68. The highest BCUT2D eigenvalue weighted by Gasteiger charge is 2.52. The summed E-state index contributed by atoms with van der Waals surface area (Å²) < 4.78 is 61.9. The number of anilines is 4. The largest absolute Gasteiger partial charge is 0.492 e. The van der Waals surface area contributed by atoms with Crippen molar-refractivity contribution in [1.82, 2.24) is 20.1 Å². The SMILES string of the molecule is CCc1cc(N2[C@H](S)N(c3cnc(C#N)c(C(F)(F)F)c3)C(=O)C2(C)C)ccc1OCCN1CCN([C@@H](C)C(=O)Nc2cc(F)cc(N[C@H]3CCC(=O)NC3=O)c2)CC1. The predicted molar refractivity (Wildman–Crippen MR) is 214 cm³/mol. The van der Waals surface area contributed by atoms with Gasteiger partial charge in [0.1, 0.15) is 35.8 Å². The molecule has 4 amide bonds. The molecular formula is C40H45F4N9O5S. The number of amides is 4. The van der Waals surface area contributed by atoms with E-state index in [1.807, 2.05) is 17.9 Å². The summed E-state index contributed by atoms with van der Waals surface area (Å²) in [7, 11) is 0. The summed E-state index contributed by atoms with van der Waals surface area (Å²) in [4.78, 5) is 61.3. The van der Waals surface area contributed by atoms with E-state index in [2.05, 4.69) is 38.5 Å². The van der Waals surface area contributed by atoms with E-state index in [9.17, 15) is 42.0 Å². The second-order valence-electron chi connectivity index (χ2n) is 15.1. The van der Waals surface area contributed by atoms with Crippen LogP contribution in [0.3, 0.4) is 0 Å². The number of piperidine rings is 1. The minimum atomic E-state index is -4.85. The van der Waals surface area contributed by atoms with E-state index in [-0.39, 0.29) is 36.0 Å². The minimum Gasteiger partial charge on any atom is -0.492 e. The highest BCUT2D eigenvalue weighted by atomic mass is 32.1. The van der Waals surface area contributed by atoms with Crippen molar-refractivity contribution in [2.24, 2.45) is 0 Å². The first-order chi connectivity index (χ1) is 27.9. The van der Waals surface area contributed by atoms with E-state index in [0.29, 0.717) is 62.9 Å². The smallest absolute Gasteiger partial charge is 0.419 e. The Morgan fingerprint density at radius 3 is 2.46 bits per heavy atom. The van der Waals surface area contributed by atoms with Gasteiger partial charge in [-0.3, -0.25) is 39.2 Å². The number of pyridine rings is 1. The Morgan fingerprint density at radius 2 is 1.80 bits per heavy atom. The van der Waals surface area contributed by atoms with Gasteiger partial charge in [-0.05, 0) is 81.6 Å². The summed E-state index contributed by atoms with van der Waals surface area (Å²) in [5.41, 5.74) is -2.34. The molecule has 0 unspecified atom stereocenters. The number of imide groups is 1. The quantitative estimate of drug-likeness (QED) is 0.113. The van der Waals surface area contributed by atoms with Gasteiger partial charge in [-0.1, -0.05) is 6.92 Å². The molecule has 19 heteroatoms. The van der Waals surface area contributed by atoms with Gasteiger partial charge in [0.25, 0.3) is 5.91 Å². The van der Waals surface area contributed by atoms with Crippen LogP contribution in [0.2, 0.25) is 0 Å². The van der Waals surface area contributed by atoms with Crippen LogP contribution >= 0.6 is 12.6 Å². The molecule has 3 fully saturated rings. The Hall–Kier alpha value is -5.45. The Labute approximate surface area is 344 Å². The number of alkyl halides is 3. The van der Waals surface area contributed by atoms with Crippen LogP contribution in [0.5, 0.6) is 5.75 Å². The van der Waals surface area contributed by atoms with Crippen LogP contribution in [0.1, 0.15) is 57.4 Å². The summed E-state index contributed by atoms with van der Waals surface area (Å²) in [5.74, 6) is -1.60. The number of carbonyl (C=O) groups is 4. The molecule has 4 heterocycles. The molecule has 1 aromatic heterocycles. The zero-order valence-electron chi connectivity index (χ0n) is 32.9. The maximum atomic E-state index is 14.5.